The molecule has 1 unspecified atom stereocenters. The van der Waals surface area contributed by atoms with Crippen LogP contribution < -0.4 is 15.0 Å². The maximum atomic E-state index is 11.8. The molecule has 2 heterocycles. The molecule has 0 amide bonds. The van der Waals surface area contributed by atoms with Gasteiger partial charge in [-0.15, -0.1) is 0 Å². The van der Waals surface area contributed by atoms with Crippen LogP contribution in [-0.2, 0) is 0 Å². The van der Waals surface area contributed by atoms with Crippen molar-refractivity contribution in [3.8, 4) is 5.75 Å². The van der Waals surface area contributed by atoms with Crippen LogP contribution in [0.25, 0.3) is 11.3 Å². The van der Waals surface area contributed by atoms with Crippen LogP contribution in [0.3, 0.4) is 0 Å². The van der Waals surface area contributed by atoms with Gasteiger partial charge in [-0.2, -0.15) is 0 Å². The average Bonchev–Trinajstić information content (AvgIpc) is 2.91. The molecule has 2 N–H and O–H groups in total. The fourth-order valence-corrected chi connectivity index (χ4v) is 5.25. The predicted molar refractivity (Wildman–Crippen MR) is 155 cm³/mol. The van der Waals surface area contributed by atoms with E-state index in [0.717, 1.165) is 71.1 Å². The van der Waals surface area contributed by atoms with Crippen molar-refractivity contribution in [1.82, 2.24) is 4.90 Å². The van der Waals surface area contributed by atoms with Gasteiger partial charge in [0.15, 0.2) is 0 Å². The van der Waals surface area contributed by atoms with E-state index >= 15 is 0 Å². The molecule has 0 bridgehead atoms. The van der Waals surface area contributed by atoms with E-state index in [1.165, 1.54) is 5.69 Å². The highest BCUT2D eigenvalue weighted by atomic mass is 16.5. The number of carboxylic acid groups (broad SMARTS) is 1. The average molecular weight is 510 g/mol. The molecule has 0 aromatic heterocycles. The third-order valence-corrected chi connectivity index (χ3v) is 7.58. The van der Waals surface area contributed by atoms with E-state index in [2.05, 4.69) is 79.0 Å². The zero-order chi connectivity index (χ0) is 27.0. The molecule has 0 radical (unpaired) electrons. The van der Waals surface area contributed by atoms with Gasteiger partial charge < -0.3 is 25.0 Å². The molecule has 1 saturated heterocycles. The van der Waals surface area contributed by atoms with Crippen LogP contribution >= 0.6 is 0 Å². The molecule has 3 aromatic carbocycles. The molecule has 3 aromatic rings. The second-order valence-electron chi connectivity index (χ2n) is 10.3. The van der Waals surface area contributed by atoms with Gasteiger partial charge in [0, 0.05) is 54.2 Å². The molecule has 38 heavy (non-hydrogen) atoms. The number of carboxylic acids is 1. The predicted octanol–water partition coefficient (Wildman–Crippen LogP) is 6.45. The highest BCUT2D eigenvalue weighted by Crippen LogP contribution is 2.45. The van der Waals surface area contributed by atoms with E-state index in [4.69, 9.17) is 4.74 Å². The SMILES string of the molecule is C=C1C(C)=C(c2ccc(N3CCN(C)CC3)cc2)Oc2c1cc(C)cc2C(C)Nc1ccccc1C(=O)O. The number of carbonyl (C=O) groups is 1. The number of piperazine rings is 1. The summed E-state index contributed by atoms with van der Waals surface area (Å²) in [6.45, 7) is 14.7. The van der Waals surface area contributed by atoms with Crippen molar-refractivity contribution in [2.45, 2.75) is 26.8 Å². The van der Waals surface area contributed by atoms with Crippen LogP contribution in [0.2, 0.25) is 0 Å². The van der Waals surface area contributed by atoms with Crippen molar-refractivity contribution in [2.24, 2.45) is 0 Å². The molecule has 0 saturated carbocycles. The number of hydrogen-bond donors (Lipinski definition) is 2. The summed E-state index contributed by atoms with van der Waals surface area (Å²) in [6, 6.07) is 19.6. The van der Waals surface area contributed by atoms with Crippen molar-refractivity contribution in [2.75, 3.05) is 43.4 Å². The second-order valence-corrected chi connectivity index (χ2v) is 10.3. The summed E-state index contributed by atoms with van der Waals surface area (Å²) < 4.78 is 6.66. The minimum absolute atomic E-state index is 0.198. The Morgan fingerprint density at radius 2 is 1.71 bits per heavy atom. The minimum Gasteiger partial charge on any atom is -0.478 e. The number of nitrogens with one attached hydrogen (secondary N) is 1. The number of nitrogens with zero attached hydrogens (tertiary/aromatic N) is 2. The highest BCUT2D eigenvalue weighted by Gasteiger charge is 2.27. The molecule has 2 aliphatic heterocycles. The van der Waals surface area contributed by atoms with E-state index in [0.29, 0.717) is 5.69 Å². The van der Waals surface area contributed by atoms with Gasteiger partial charge in [-0.1, -0.05) is 24.8 Å². The summed E-state index contributed by atoms with van der Waals surface area (Å²) >= 11 is 0. The van der Waals surface area contributed by atoms with Crippen LogP contribution in [0.15, 0.2) is 72.8 Å². The lowest BCUT2D eigenvalue weighted by molar-refractivity contribution is 0.0698. The van der Waals surface area contributed by atoms with E-state index in [-0.39, 0.29) is 11.6 Å². The van der Waals surface area contributed by atoms with Gasteiger partial charge in [-0.25, -0.2) is 4.79 Å². The fourth-order valence-electron chi connectivity index (χ4n) is 5.25. The summed E-state index contributed by atoms with van der Waals surface area (Å²) in [5.41, 5.74) is 8.02. The van der Waals surface area contributed by atoms with Crippen LogP contribution in [0, 0.1) is 6.92 Å². The summed E-state index contributed by atoms with van der Waals surface area (Å²) in [6.07, 6.45) is 0. The molecule has 2 aliphatic rings. The summed E-state index contributed by atoms with van der Waals surface area (Å²) in [7, 11) is 2.16. The van der Waals surface area contributed by atoms with Crippen LogP contribution in [0.4, 0.5) is 11.4 Å². The van der Waals surface area contributed by atoms with E-state index in [9.17, 15) is 9.90 Å². The monoisotopic (exact) mass is 509 g/mol. The van der Waals surface area contributed by atoms with Crippen molar-refractivity contribution < 1.29 is 14.6 Å². The maximum absolute atomic E-state index is 11.8. The quantitative estimate of drug-likeness (QED) is 0.398. The lowest BCUT2D eigenvalue weighted by atomic mass is 9.89. The molecule has 0 aliphatic carbocycles. The number of hydrogen-bond acceptors (Lipinski definition) is 5. The largest absolute Gasteiger partial charge is 0.478 e. The van der Waals surface area contributed by atoms with Crippen molar-refractivity contribution >= 4 is 28.7 Å². The van der Waals surface area contributed by atoms with Gasteiger partial charge >= 0.3 is 5.97 Å². The number of anilines is 2. The number of allylic oxidation sites excluding steroid dienone is 2. The van der Waals surface area contributed by atoms with Gasteiger partial charge in [-0.05, 0) is 87.0 Å². The summed E-state index contributed by atoms with van der Waals surface area (Å²) in [5, 5.41) is 13.0. The Hall–Kier alpha value is -4.03. The summed E-state index contributed by atoms with van der Waals surface area (Å²) in [4.78, 5) is 16.5. The Kier molecular flexibility index (Phi) is 7.00. The number of ether oxygens (including phenoxy) is 1. The Bertz CT molecular complexity index is 1420. The Morgan fingerprint density at radius 1 is 1.03 bits per heavy atom. The molecule has 196 valence electrons. The van der Waals surface area contributed by atoms with Crippen LogP contribution in [0.5, 0.6) is 5.75 Å². The first-order valence-corrected chi connectivity index (χ1v) is 13.1. The lowest BCUT2D eigenvalue weighted by Crippen LogP contribution is -2.44. The van der Waals surface area contributed by atoms with Gasteiger partial charge in [0.1, 0.15) is 11.5 Å². The molecule has 6 heteroatoms. The van der Waals surface area contributed by atoms with E-state index in [1.54, 1.807) is 18.2 Å². The highest BCUT2D eigenvalue weighted by molar-refractivity contribution is 5.95. The third kappa shape index (κ3) is 4.92. The number of para-hydroxylation sites is 1. The number of aromatic carboxylic acids is 1. The molecule has 1 fully saturated rings. The van der Waals surface area contributed by atoms with Gasteiger partial charge in [0.05, 0.1) is 11.6 Å². The first-order valence-electron chi connectivity index (χ1n) is 13.1. The first-order chi connectivity index (χ1) is 18.2. The minimum atomic E-state index is -0.961. The van der Waals surface area contributed by atoms with Gasteiger partial charge in [-0.3, -0.25) is 0 Å². The molecule has 5 rings (SSSR count). The lowest BCUT2D eigenvalue weighted by Gasteiger charge is -2.34. The van der Waals surface area contributed by atoms with Gasteiger partial charge in [0.2, 0.25) is 0 Å². The van der Waals surface area contributed by atoms with E-state index in [1.807, 2.05) is 13.0 Å². The van der Waals surface area contributed by atoms with Crippen molar-refractivity contribution in [1.29, 1.82) is 0 Å². The van der Waals surface area contributed by atoms with E-state index < -0.39 is 5.97 Å². The first kappa shape index (κ1) is 25.6. The molecule has 0 spiro atoms. The number of benzene rings is 3. The maximum Gasteiger partial charge on any atom is 0.337 e. The van der Waals surface area contributed by atoms with Crippen molar-refractivity contribution in [3.05, 3.63) is 101 Å². The standard InChI is InChI=1S/C32H35N3O3/c1-20-18-27-21(2)22(3)30(24-10-12-25(13-11-24)35-16-14-34(5)15-17-35)38-31(27)28(19-20)23(4)33-29-9-7-6-8-26(29)32(36)37/h6-13,18-19,23,33H,2,14-17H2,1,3-5H3,(H,36,37). The normalized spacial score (nSPS) is 16.6. The zero-order valence-corrected chi connectivity index (χ0v) is 22.5. The Morgan fingerprint density at radius 3 is 2.39 bits per heavy atom. The number of rotatable bonds is 6. The number of likely N-dealkylation sites (N-methyl/N-ethyl adjacent to an activating group) is 1. The topological polar surface area (TPSA) is 65.0 Å². The van der Waals surface area contributed by atoms with Gasteiger partial charge in [0.25, 0.3) is 0 Å². The van der Waals surface area contributed by atoms with Crippen LogP contribution in [-0.4, -0.2) is 49.2 Å². The molecular formula is C32H35N3O3. The number of fused-ring (bicyclic) bond motifs is 1. The molecular weight excluding hydrogens is 474 g/mol. The number of aryl methyl sites for hydroxylation is 1. The second kappa shape index (κ2) is 10.4. The van der Waals surface area contributed by atoms with Crippen LogP contribution in [0.1, 0.15) is 52.5 Å². The smallest absolute Gasteiger partial charge is 0.337 e. The molecule has 1 atom stereocenters. The molecule has 6 nitrogen and oxygen atoms in total. The Balaban J connectivity index is 1.46. The fraction of sp³-hybridized carbons (Fsp3) is 0.281. The third-order valence-electron chi connectivity index (χ3n) is 7.58. The summed E-state index contributed by atoms with van der Waals surface area (Å²) in [5.74, 6) is 0.602. The zero-order valence-electron chi connectivity index (χ0n) is 22.5. The Labute approximate surface area is 224 Å². The van der Waals surface area contributed by atoms with Crippen molar-refractivity contribution in [3.63, 3.8) is 0 Å².